The number of amides is 1. The Hall–Kier alpha value is -4.20. The summed E-state index contributed by atoms with van der Waals surface area (Å²) >= 11 is 0. The number of benzene rings is 2. The van der Waals surface area contributed by atoms with E-state index in [1.165, 1.54) is 24.5 Å². The highest BCUT2D eigenvalue weighted by Gasteiger charge is 2.47. The zero-order valence-electron chi connectivity index (χ0n) is 15.7. The molecule has 0 saturated heterocycles. The first-order valence-corrected chi connectivity index (χ1v) is 9.24. The maximum absolute atomic E-state index is 14.5. The summed E-state index contributed by atoms with van der Waals surface area (Å²) in [6, 6.07) is 12.8. The molecule has 6 nitrogen and oxygen atoms in total. The summed E-state index contributed by atoms with van der Waals surface area (Å²) in [7, 11) is 0. The number of Topliss-reactive ketones (excluding diaryl/α,β-unsaturated/α-hetero) is 1. The van der Waals surface area contributed by atoms with Gasteiger partial charge in [-0.2, -0.15) is 0 Å². The Labute approximate surface area is 173 Å². The highest BCUT2D eigenvalue weighted by molar-refractivity contribution is 6.20. The molecule has 3 heterocycles. The van der Waals surface area contributed by atoms with Gasteiger partial charge in [-0.25, -0.2) is 8.78 Å². The van der Waals surface area contributed by atoms with E-state index in [0.717, 1.165) is 17.0 Å². The van der Waals surface area contributed by atoms with E-state index in [0.29, 0.717) is 17.0 Å². The van der Waals surface area contributed by atoms with E-state index < -0.39 is 35.1 Å². The van der Waals surface area contributed by atoms with Crippen LogP contribution in [0.3, 0.4) is 0 Å². The number of rotatable bonds is 4. The number of hydrogen-bond donors (Lipinski definition) is 1. The van der Waals surface area contributed by atoms with Gasteiger partial charge in [-0.15, -0.1) is 0 Å². The first-order chi connectivity index (χ1) is 15.0. The number of carbonyl (C=O) groups is 2. The van der Waals surface area contributed by atoms with Gasteiger partial charge in [0.15, 0.2) is 11.5 Å². The minimum atomic E-state index is -1.27. The van der Waals surface area contributed by atoms with Crippen LogP contribution in [-0.4, -0.2) is 16.8 Å². The van der Waals surface area contributed by atoms with Crippen molar-refractivity contribution in [2.45, 2.75) is 6.04 Å². The first kappa shape index (κ1) is 18.8. The third kappa shape index (κ3) is 2.92. The van der Waals surface area contributed by atoms with Crippen LogP contribution in [0.15, 0.2) is 87.1 Å². The fourth-order valence-corrected chi connectivity index (χ4v) is 3.70. The number of fused-ring (bicyclic) bond motifs is 1. The second-order valence-corrected chi connectivity index (χ2v) is 6.93. The lowest BCUT2D eigenvalue weighted by atomic mass is 9.99. The van der Waals surface area contributed by atoms with Crippen molar-refractivity contribution in [1.82, 2.24) is 0 Å². The van der Waals surface area contributed by atoms with Gasteiger partial charge in [0, 0.05) is 11.5 Å². The molecule has 0 spiro atoms. The summed E-state index contributed by atoms with van der Waals surface area (Å²) < 4.78 is 38.9. The fourth-order valence-electron chi connectivity index (χ4n) is 3.70. The maximum Gasteiger partial charge on any atom is 0.294 e. The number of nitrogens with zero attached hydrogens (tertiary/aromatic N) is 1. The monoisotopic (exact) mass is 421 g/mol. The number of furan rings is 2. The molecular weight excluding hydrogens is 408 g/mol. The largest absolute Gasteiger partial charge is 0.503 e. The Bertz CT molecular complexity index is 1340. The molecule has 0 fully saturated rings. The van der Waals surface area contributed by atoms with Crippen molar-refractivity contribution in [1.29, 1.82) is 0 Å². The van der Waals surface area contributed by atoms with Gasteiger partial charge in [-0.05, 0) is 36.4 Å². The molecule has 1 unspecified atom stereocenters. The highest BCUT2D eigenvalue weighted by Crippen LogP contribution is 2.43. The normalized spacial score (nSPS) is 16.5. The lowest BCUT2D eigenvalue weighted by Gasteiger charge is -2.25. The molecule has 2 aromatic heterocycles. The lowest BCUT2D eigenvalue weighted by molar-refractivity contribution is -0.117. The standard InChI is InChI=1S/C23H13F2NO5/c24-13-7-8-15(14(25)11-13)26-20(17-6-3-9-30-17)19(22(28)23(26)29)21(27)18-10-12-4-1-2-5-16(12)31-18/h1-11,20,28H. The van der Waals surface area contributed by atoms with E-state index in [1.807, 2.05) is 0 Å². The molecule has 8 heteroatoms. The van der Waals surface area contributed by atoms with E-state index in [2.05, 4.69) is 0 Å². The van der Waals surface area contributed by atoms with Gasteiger partial charge in [0.05, 0.1) is 17.5 Å². The van der Waals surface area contributed by atoms with E-state index in [-0.39, 0.29) is 22.8 Å². The van der Waals surface area contributed by atoms with E-state index in [4.69, 9.17) is 8.83 Å². The van der Waals surface area contributed by atoms with Crippen LogP contribution in [0.1, 0.15) is 22.4 Å². The molecule has 1 N–H and O–H groups in total. The molecule has 4 aromatic rings. The average molecular weight is 421 g/mol. The molecule has 31 heavy (non-hydrogen) atoms. The van der Waals surface area contributed by atoms with Crippen LogP contribution in [0, 0.1) is 11.6 Å². The second kappa shape index (κ2) is 6.94. The molecule has 0 bridgehead atoms. The van der Waals surface area contributed by atoms with Gasteiger partial charge in [-0.3, -0.25) is 14.5 Å². The van der Waals surface area contributed by atoms with Gasteiger partial charge >= 0.3 is 0 Å². The minimum absolute atomic E-state index is 0.103. The number of hydrogen-bond acceptors (Lipinski definition) is 5. The van der Waals surface area contributed by atoms with Crippen molar-refractivity contribution in [3.8, 4) is 0 Å². The maximum atomic E-state index is 14.5. The van der Waals surface area contributed by atoms with Gasteiger partial charge in [0.1, 0.15) is 29.0 Å². The predicted molar refractivity (Wildman–Crippen MR) is 105 cm³/mol. The molecule has 1 atom stereocenters. The average Bonchev–Trinajstić information content (AvgIpc) is 3.47. The number of anilines is 1. The highest BCUT2D eigenvalue weighted by atomic mass is 19.1. The Morgan fingerprint density at radius 3 is 2.55 bits per heavy atom. The predicted octanol–water partition coefficient (Wildman–Crippen LogP) is 5.09. The van der Waals surface area contributed by atoms with E-state index in [9.17, 15) is 23.5 Å². The van der Waals surface area contributed by atoms with Crippen molar-refractivity contribution in [3.05, 3.63) is 101 Å². The molecule has 1 aliphatic heterocycles. The Morgan fingerprint density at radius 1 is 1.03 bits per heavy atom. The minimum Gasteiger partial charge on any atom is -0.503 e. The number of carbonyl (C=O) groups excluding carboxylic acids is 2. The number of aliphatic hydroxyl groups is 1. The van der Waals surface area contributed by atoms with Crippen LogP contribution in [0.5, 0.6) is 0 Å². The van der Waals surface area contributed by atoms with Crippen molar-refractivity contribution in [2.24, 2.45) is 0 Å². The molecule has 0 aliphatic carbocycles. The molecule has 0 saturated carbocycles. The summed E-state index contributed by atoms with van der Waals surface area (Å²) in [5.41, 5.74) is -0.194. The molecule has 5 rings (SSSR count). The van der Waals surface area contributed by atoms with Gasteiger partial charge < -0.3 is 13.9 Å². The van der Waals surface area contributed by atoms with Gasteiger partial charge in [0.2, 0.25) is 5.78 Å². The zero-order chi connectivity index (χ0) is 21.7. The van der Waals surface area contributed by atoms with Gasteiger partial charge in [0.25, 0.3) is 5.91 Å². The number of ketones is 1. The lowest BCUT2D eigenvalue weighted by Crippen LogP contribution is -2.31. The Balaban J connectivity index is 1.66. The summed E-state index contributed by atoms with van der Waals surface area (Å²) in [5, 5.41) is 11.3. The van der Waals surface area contributed by atoms with Crippen LogP contribution < -0.4 is 4.90 Å². The van der Waals surface area contributed by atoms with E-state index >= 15 is 0 Å². The van der Waals surface area contributed by atoms with Crippen molar-refractivity contribution < 1.29 is 32.3 Å². The Morgan fingerprint density at radius 2 is 1.84 bits per heavy atom. The zero-order valence-corrected chi connectivity index (χ0v) is 15.7. The van der Waals surface area contributed by atoms with Crippen LogP contribution in [-0.2, 0) is 4.79 Å². The van der Waals surface area contributed by atoms with Crippen LogP contribution in [0.25, 0.3) is 11.0 Å². The van der Waals surface area contributed by atoms with E-state index in [1.54, 1.807) is 24.3 Å². The number of para-hydroxylation sites is 1. The summed E-state index contributed by atoms with van der Waals surface area (Å²) in [6.45, 7) is 0. The third-order valence-electron chi connectivity index (χ3n) is 5.08. The van der Waals surface area contributed by atoms with Crippen molar-refractivity contribution in [3.63, 3.8) is 0 Å². The number of aliphatic hydroxyl groups excluding tert-OH is 1. The smallest absolute Gasteiger partial charge is 0.294 e. The quantitative estimate of drug-likeness (QED) is 0.464. The van der Waals surface area contributed by atoms with Crippen LogP contribution in [0.2, 0.25) is 0 Å². The number of halogens is 2. The summed E-state index contributed by atoms with van der Waals surface area (Å²) in [4.78, 5) is 27.1. The van der Waals surface area contributed by atoms with Crippen LogP contribution >= 0.6 is 0 Å². The third-order valence-corrected chi connectivity index (χ3v) is 5.08. The van der Waals surface area contributed by atoms with Crippen LogP contribution in [0.4, 0.5) is 14.5 Å². The fraction of sp³-hybridized carbons (Fsp3) is 0.0435. The molecule has 1 amide bonds. The molecule has 1 aliphatic rings. The SMILES string of the molecule is O=C(C1=C(O)C(=O)N(c2ccc(F)cc2F)C1c1ccco1)c1cc2ccccc2o1. The molecular formula is C23H13F2NO5. The topological polar surface area (TPSA) is 83.9 Å². The second-order valence-electron chi connectivity index (χ2n) is 6.93. The summed E-state index contributed by atoms with van der Waals surface area (Å²) in [5.74, 6) is -4.50. The molecule has 0 radical (unpaired) electrons. The van der Waals surface area contributed by atoms with Crippen molar-refractivity contribution >= 4 is 28.3 Å². The first-order valence-electron chi connectivity index (χ1n) is 9.24. The van der Waals surface area contributed by atoms with Gasteiger partial charge in [-0.1, -0.05) is 18.2 Å². The van der Waals surface area contributed by atoms with Crippen molar-refractivity contribution in [2.75, 3.05) is 4.90 Å². The summed E-state index contributed by atoms with van der Waals surface area (Å²) in [6.07, 6.45) is 1.32. The molecule has 154 valence electrons. The molecule has 2 aromatic carbocycles. The Kier molecular flexibility index (Phi) is 4.21.